The highest BCUT2D eigenvalue weighted by Crippen LogP contribution is 2.40. The highest BCUT2D eigenvalue weighted by Gasteiger charge is 2.25. The van der Waals surface area contributed by atoms with E-state index in [-0.39, 0.29) is 11.2 Å². The second-order valence-corrected chi connectivity index (χ2v) is 5.49. The molecule has 1 heterocycles. The zero-order chi connectivity index (χ0) is 14.1. The van der Waals surface area contributed by atoms with Crippen molar-refractivity contribution < 1.29 is 4.74 Å². The molecule has 1 unspecified atom stereocenters. The third-order valence-corrected chi connectivity index (χ3v) is 3.74. The van der Waals surface area contributed by atoms with Crippen LogP contribution in [0.1, 0.15) is 17.2 Å². The van der Waals surface area contributed by atoms with E-state index in [1.54, 1.807) is 0 Å². The van der Waals surface area contributed by atoms with Gasteiger partial charge in [0.1, 0.15) is 11.9 Å². The Balaban J connectivity index is 1.79. The minimum absolute atomic E-state index is 0.00350. The molecule has 1 aliphatic heterocycles. The van der Waals surface area contributed by atoms with Gasteiger partial charge in [0.05, 0.1) is 0 Å². The topological polar surface area (TPSA) is 47.3 Å². The molecule has 5 heteroatoms. The van der Waals surface area contributed by atoms with Crippen LogP contribution in [0.3, 0.4) is 0 Å². The quantitative estimate of drug-likeness (QED) is 0.831. The number of fused-ring (bicyclic) bond motifs is 1. The first-order valence-electron chi connectivity index (χ1n) is 6.24. The molecule has 1 aliphatic rings. The zero-order valence-corrected chi connectivity index (χ0v) is 12.2. The first-order valence-corrected chi connectivity index (χ1v) is 7.02. The molecule has 0 aromatic heterocycles. The van der Waals surface area contributed by atoms with Crippen LogP contribution in [-0.2, 0) is 6.42 Å². The number of nitrogens with one attached hydrogen (secondary N) is 1. The highest BCUT2D eigenvalue weighted by atomic mass is 35.5. The lowest BCUT2D eigenvalue weighted by molar-refractivity contribution is 0.239. The number of benzene rings is 2. The summed E-state index contributed by atoms with van der Waals surface area (Å²) in [7, 11) is 0. The Morgan fingerprint density at radius 3 is 2.65 bits per heavy atom. The predicted molar refractivity (Wildman–Crippen MR) is 85.4 cm³/mol. The first kappa shape index (κ1) is 13.2. The van der Waals surface area contributed by atoms with Crippen molar-refractivity contribution in [2.45, 2.75) is 12.5 Å². The average molecular weight is 305 g/mol. The number of hydrogen-bond donors (Lipinski definition) is 2. The molecular weight excluding hydrogens is 292 g/mol. The van der Waals surface area contributed by atoms with Crippen LogP contribution < -0.4 is 15.8 Å². The standard InChI is InChI=1S/C15H13ClN2OS/c16-12-2-1-3-13-11(12)8-14(19-13)9-4-6-10(7-5-9)18-15(17)20/h1-7,14H,8H2,(H3,17,18,20). The molecular formula is C15H13ClN2OS. The monoisotopic (exact) mass is 304 g/mol. The molecule has 2 aromatic rings. The van der Waals surface area contributed by atoms with Gasteiger partial charge in [0.2, 0.25) is 0 Å². The molecule has 0 saturated heterocycles. The lowest BCUT2D eigenvalue weighted by atomic mass is 10.0. The van der Waals surface area contributed by atoms with Crippen LogP contribution in [0.25, 0.3) is 0 Å². The Kier molecular flexibility index (Phi) is 3.51. The summed E-state index contributed by atoms with van der Waals surface area (Å²) in [6, 6.07) is 13.6. The molecule has 0 bridgehead atoms. The lowest BCUT2D eigenvalue weighted by Gasteiger charge is -2.12. The van der Waals surface area contributed by atoms with Crippen molar-refractivity contribution in [3.63, 3.8) is 0 Å². The number of anilines is 1. The number of hydrogen-bond acceptors (Lipinski definition) is 2. The molecule has 2 aromatic carbocycles. The Labute approximate surface area is 127 Å². The van der Waals surface area contributed by atoms with E-state index in [9.17, 15) is 0 Å². The molecule has 1 atom stereocenters. The summed E-state index contributed by atoms with van der Waals surface area (Å²) < 4.78 is 5.94. The van der Waals surface area contributed by atoms with Crippen molar-refractivity contribution in [2.75, 3.05) is 5.32 Å². The van der Waals surface area contributed by atoms with E-state index in [2.05, 4.69) is 5.32 Å². The molecule has 0 aliphatic carbocycles. The van der Waals surface area contributed by atoms with Gasteiger partial charge in [-0.1, -0.05) is 29.8 Å². The van der Waals surface area contributed by atoms with Crippen LogP contribution in [0.2, 0.25) is 5.02 Å². The Bertz CT molecular complexity index is 657. The van der Waals surface area contributed by atoms with Gasteiger partial charge in [0, 0.05) is 22.7 Å². The summed E-state index contributed by atoms with van der Waals surface area (Å²) in [6.07, 6.45) is 0.792. The van der Waals surface area contributed by atoms with Gasteiger partial charge in [-0.15, -0.1) is 0 Å². The maximum Gasteiger partial charge on any atom is 0.168 e. The fourth-order valence-corrected chi connectivity index (χ4v) is 2.70. The molecule has 0 fully saturated rings. The van der Waals surface area contributed by atoms with E-state index in [1.807, 2.05) is 42.5 Å². The van der Waals surface area contributed by atoms with E-state index in [1.165, 1.54) is 0 Å². The van der Waals surface area contributed by atoms with Gasteiger partial charge in [-0.25, -0.2) is 0 Å². The maximum absolute atomic E-state index is 6.19. The normalized spacial score (nSPS) is 16.4. The molecule has 3 N–H and O–H groups in total. The van der Waals surface area contributed by atoms with E-state index in [0.717, 1.165) is 34.0 Å². The Morgan fingerprint density at radius 2 is 2.00 bits per heavy atom. The van der Waals surface area contributed by atoms with Crippen LogP contribution in [0, 0.1) is 0 Å². The fraction of sp³-hybridized carbons (Fsp3) is 0.133. The van der Waals surface area contributed by atoms with E-state index in [4.69, 9.17) is 34.3 Å². The number of rotatable bonds is 2. The number of halogens is 1. The van der Waals surface area contributed by atoms with Crippen molar-refractivity contribution in [3.05, 3.63) is 58.6 Å². The molecule has 3 nitrogen and oxygen atoms in total. The molecule has 102 valence electrons. The number of nitrogens with two attached hydrogens (primary N) is 1. The number of ether oxygens (including phenoxy) is 1. The summed E-state index contributed by atoms with van der Waals surface area (Å²) in [5.74, 6) is 0.868. The minimum atomic E-state index is 0.00350. The second-order valence-electron chi connectivity index (χ2n) is 4.64. The molecule has 0 saturated carbocycles. The van der Waals surface area contributed by atoms with Crippen LogP contribution in [-0.4, -0.2) is 5.11 Å². The molecule has 0 amide bonds. The summed E-state index contributed by atoms with van der Waals surface area (Å²) >= 11 is 11.0. The van der Waals surface area contributed by atoms with Gasteiger partial charge in [-0.05, 0) is 42.0 Å². The highest BCUT2D eigenvalue weighted by molar-refractivity contribution is 7.80. The first-order chi connectivity index (χ1) is 9.63. The minimum Gasteiger partial charge on any atom is -0.485 e. The van der Waals surface area contributed by atoms with E-state index < -0.39 is 0 Å². The number of thiocarbonyl (C=S) groups is 1. The average Bonchev–Trinajstić information content (AvgIpc) is 2.84. The molecule has 0 spiro atoms. The van der Waals surface area contributed by atoms with Crippen molar-refractivity contribution >= 4 is 34.6 Å². The zero-order valence-electron chi connectivity index (χ0n) is 10.6. The van der Waals surface area contributed by atoms with Gasteiger partial charge >= 0.3 is 0 Å². The van der Waals surface area contributed by atoms with Gasteiger partial charge in [0.15, 0.2) is 5.11 Å². The van der Waals surface area contributed by atoms with Crippen LogP contribution in [0.15, 0.2) is 42.5 Å². The third kappa shape index (κ3) is 2.57. The summed E-state index contributed by atoms with van der Waals surface area (Å²) in [4.78, 5) is 0. The summed E-state index contributed by atoms with van der Waals surface area (Å²) in [5, 5.41) is 3.92. The van der Waals surface area contributed by atoms with Crippen LogP contribution in [0.5, 0.6) is 5.75 Å². The SMILES string of the molecule is NC(=S)Nc1ccc(C2Cc3c(Cl)cccc3O2)cc1. The fourth-order valence-electron chi connectivity index (χ4n) is 2.34. The molecule has 3 rings (SSSR count). The van der Waals surface area contributed by atoms with Crippen molar-refractivity contribution in [1.29, 1.82) is 0 Å². The second kappa shape index (κ2) is 5.31. The van der Waals surface area contributed by atoms with Gasteiger partial charge < -0.3 is 15.8 Å². The largest absolute Gasteiger partial charge is 0.485 e. The van der Waals surface area contributed by atoms with E-state index in [0.29, 0.717) is 0 Å². The van der Waals surface area contributed by atoms with Crippen molar-refractivity contribution in [3.8, 4) is 5.75 Å². The Morgan fingerprint density at radius 1 is 1.25 bits per heavy atom. The van der Waals surface area contributed by atoms with Crippen LogP contribution in [0.4, 0.5) is 5.69 Å². The van der Waals surface area contributed by atoms with Gasteiger partial charge in [-0.3, -0.25) is 0 Å². The lowest BCUT2D eigenvalue weighted by Crippen LogP contribution is -2.18. The third-order valence-electron chi connectivity index (χ3n) is 3.28. The van der Waals surface area contributed by atoms with Crippen molar-refractivity contribution in [1.82, 2.24) is 0 Å². The van der Waals surface area contributed by atoms with Crippen molar-refractivity contribution in [2.24, 2.45) is 5.73 Å². The molecule has 20 heavy (non-hydrogen) atoms. The maximum atomic E-state index is 6.19. The molecule has 0 radical (unpaired) electrons. The van der Waals surface area contributed by atoms with Gasteiger partial charge in [0.25, 0.3) is 0 Å². The van der Waals surface area contributed by atoms with Crippen LogP contribution >= 0.6 is 23.8 Å². The Hall–Kier alpha value is -1.78. The smallest absolute Gasteiger partial charge is 0.168 e. The van der Waals surface area contributed by atoms with E-state index >= 15 is 0 Å². The summed E-state index contributed by atoms with van der Waals surface area (Å²) in [6.45, 7) is 0. The predicted octanol–water partition coefficient (Wildman–Crippen LogP) is 3.67. The van der Waals surface area contributed by atoms with Gasteiger partial charge in [-0.2, -0.15) is 0 Å². The summed E-state index contributed by atoms with van der Waals surface area (Å²) in [5.41, 5.74) is 8.49.